The van der Waals surface area contributed by atoms with E-state index < -0.39 is 10.0 Å². The predicted molar refractivity (Wildman–Crippen MR) is 98.5 cm³/mol. The first-order valence-electron chi connectivity index (χ1n) is 9.04. The average Bonchev–Trinajstić information content (AvgIpc) is 3.44. The Balaban J connectivity index is 1.60. The van der Waals surface area contributed by atoms with E-state index in [0.717, 1.165) is 38.8 Å². The second kappa shape index (κ2) is 8.04. The molecule has 0 radical (unpaired) electrons. The van der Waals surface area contributed by atoms with E-state index in [9.17, 15) is 13.2 Å². The van der Waals surface area contributed by atoms with Gasteiger partial charge < -0.3 is 15.4 Å². The third-order valence-corrected chi connectivity index (χ3v) is 6.60. The molecule has 3 rings (SSSR count). The molecule has 144 valence electrons. The normalized spacial score (nSPS) is 19.9. The van der Waals surface area contributed by atoms with Gasteiger partial charge in [0.2, 0.25) is 10.0 Å². The number of sulfonamides is 1. The summed E-state index contributed by atoms with van der Waals surface area (Å²) in [5.41, 5.74) is 0.407. The van der Waals surface area contributed by atoms with Gasteiger partial charge in [-0.25, -0.2) is 13.1 Å². The van der Waals surface area contributed by atoms with E-state index in [1.807, 2.05) is 0 Å². The minimum Gasteiger partial charge on any atom is -0.384 e. The van der Waals surface area contributed by atoms with Gasteiger partial charge in [0.05, 0.1) is 11.5 Å². The van der Waals surface area contributed by atoms with Crippen molar-refractivity contribution >= 4 is 15.9 Å². The minimum absolute atomic E-state index is 0.0485. The average molecular weight is 381 g/mol. The maximum atomic E-state index is 12.4. The van der Waals surface area contributed by atoms with Gasteiger partial charge in [0.25, 0.3) is 5.91 Å². The van der Waals surface area contributed by atoms with Gasteiger partial charge in [-0.2, -0.15) is 0 Å². The summed E-state index contributed by atoms with van der Waals surface area (Å²) in [7, 11) is -1.81. The second-order valence-electron chi connectivity index (χ2n) is 7.29. The zero-order chi connectivity index (χ0) is 18.6. The lowest BCUT2D eigenvalue weighted by Gasteiger charge is -2.37. The second-order valence-corrected chi connectivity index (χ2v) is 9.00. The van der Waals surface area contributed by atoms with Crippen LogP contribution in [0.1, 0.15) is 36.0 Å². The molecule has 0 atom stereocenters. The van der Waals surface area contributed by atoms with Crippen LogP contribution in [0.25, 0.3) is 0 Å². The van der Waals surface area contributed by atoms with Crippen molar-refractivity contribution in [2.24, 2.45) is 5.41 Å². The Bertz CT molecular complexity index is 718. The van der Waals surface area contributed by atoms with E-state index in [-0.39, 0.29) is 22.3 Å². The van der Waals surface area contributed by atoms with Gasteiger partial charge in [0, 0.05) is 30.7 Å². The SMILES string of the molecule is COCC1(CNC(=O)c2ccc(S(=O)(=O)NC3CC3)cc2)CCNCC1. The zero-order valence-electron chi connectivity index (χ0n) is 15.1. The quantitative estimate of drug-likeness (QED) is 0.621. The highest BCUT2D eigenvalue weighted by molar-refractivity contribution is 7.89. The molecule has 7 nitrogen and oxygen atoms in total. The van der Waals surface area contributed by atoms with E-state index in [1.54, 1.807) is 19.2 Å². The van der Waals surface area contributed by atoms with Gasteiger partial charge in [-0.1, -0.05) is 0 Å². The molecule has 0 spiro atoms. The summed E-state index contributed by atoms with van der Waals surface area (Å²) in [5, 5.41) is 6.31. The molecule has 26 heavy (non-hydrogen) atoms. The molecule has 1 heterocycles. The Morgan fingerprint density at radius 1 is 1.23 bits per heavy atom. The van der Waals surface area contributed by atoms with Crippen molar-refractivity contribution in [2.75, 3.05) is 33.4 Å². The van der Waals surface area contributed by atoms with Crippen molar-refractivity contribution in [1.82, 2.24) is 15.4 Å². The van der Waals surface area contributed by atoms with Crippen molar-refractivity contribution in [1.29, 1.82) is 0 Å². The van der Waals surface area contributed by atoms with Crippen LogP contribution in [0.15, 0.2) is 29.2 Å². The molecular weight excluding hydrogens is 354 g/mol. The van der Waals surface area contributed by atoms with Crippen LogP contribution in [0.3, 0.4) is 0 Å². The van der Waals surface area contributed by atoms with Crippen LogP contribution in [0.4, 0.5) is 0 Å². The molecule has 0 bridgehead atoms. The topological polar surface area (TPSA) is 96.5 Å². The molecule has 1 saturated heterocycles. The molecule has 1 aliphatic heterocycles. The molecule has 1 amide bonds. The number of carbonyl (C=O) groups is 1. The maximum absolute atomic E-state index is 12.4. The first-order chi connectivity index (χ1) is 12.4. The van der Waals surface area contributed by atoms with Gasteiger partial charge >= 0.3 is 0 Å². The predicted octanol–water partition coefficient (Wildman–Crippen LogP) is 0.873. The number of hydrogen-bond donors (Lipinski definition) is 3. The van der Waals surface area contributed by atoms with E-state index in [2.05, 4.69) is 15.4 Å². The summed E-state index contributed by atoms with van der Waals surface area (Å²) in [6.45, 7) is 2.99. The number of rotatable bonds is 8. The van der Waals surface area contributed by atoms with Crippen LogP contribution < -0.4 is 15.4 Å². The van der Waals surface area contributed by atoms with Crippen LogP contribution in [0, 0.1) is 5.41 Å². The van der Waals surface area contributed by atoms with E-state index >= 15 is 0 Å². The Hall–Kier alpha value is -1.48. The first-order valence-corrected chi connectivity index (χ1v) is 10.5. The molecule has 0 unspecified atom stereocenters. The number of ether oxygens (including phenoxy) is 1. The van der Waals surface area contributed by atoms with Crippen molar-refractivity contribution in [3.63, 3.8) is 0 Å². The maximum Gasteiger partial charge on any atom is 0.251 e. The highest BCUT2D eigenvalue weighted by atomic mass is 32.2. The van der Waals surface area contributed by atoms with Crippen molar-refractivity contribution < 1.29 is 17.9 Å². The van der Waals surface area contributed by atoms with Crippen LogP contribution in [0.2, 0.25) is 0 Å². The first kappa shape index (κ1) is 19.3. The number of methoxy groups -OCH3 is 1. The number of hydrogen-bond acceptors (Lipinski definition) is 5. The lowest BCUT2D eigenvalue weighted by molar-refractivity contribution is 0.0511. The van der Waals surface area contributed by atoms with Crippen LogP contribution >= 0.6 is 0 Å². The monoisotopic (exact) mass is 381 g/mol. The van der Waals surface area contributed by atoms with Gasteiger partial charge in [0.1, 0.15) is 0 Å². The summed E-state index contributed by atoms with van der Waals surface area (Å²) in [6.07, 6.45) is 3.67. The van der Waals surface area contributed by atoms with Crippen molar-refractivity contribution in [3.8, 4) is 0 Å². The third-order valence-electron chi connectivity index (χ3n) is 5.06. The third kappa shape index (κ3) is 4.82. The van der Waals surface area contributed by atoms with Crippen molar-refractivity contribution in [2.45, 2.75) is 36.6 Å². The Morgan fingerprint density at radius 3 is 2.46 bits per heavy atom. The molecule has 3 N–H and O–H groups in total. The summed E-state index contributed by atoms with van der Waals surface area (Å²) in [4.78, 5) is 12.6. The van der Waals surface area contributed by atoms with Crippen LogP contribution in [-0.2, 0) is 14.8 Å². The number of carbonyl (C=O) groups excluding carboxylic acids is 1. The number of piperidine rings is 1. The molecule has 1 aliphatic carbocycles. The lowest BCUT2D eigenvalue weighted by Crippen LogP contribution is -2.47. The van der Waals surface area contributed by atoms with E-state index in [4.69, 9.17) is 4.74 Å². The highest BCUT2D eigenvalue weighted by Crippen LogP contribution is 2.28. The molecular formula is C18H27N3O4S. The zero-order valence-corrected chi connectivity index (χ0v) is 15.9. The number of benzene rings is 1. The molecule has 2 aliphatic rings. The number of nitrogens with one attached hydrogen (secondary N) is 3. The smallest absolute Gasteiger partial charge is 0.251 e. The number of amides is 1. The van der Waals surface area contributed by atoms with Gasteiger partial charge in [-0.05, 0) is 63.0 Å². The Morgan fingerprint density at radius 2 is 1.88 bits per heavy atom. The summed E-state index contributed by atoms with van der Waals surface area (Å²) >= 11 is 0. The van der Waals surface area contributed by atoms with Crippen LogP contribution in [-0.4, -0.2) is 53.7 Å². The van der Waals surface area contributed by atoms with Gasteiger partial charge in [0.15, 0.2) is 0 Å². The summed E-state index contributed by atoms with van der Waals surface area (Å²) in [6, 6.07) is 6.14. The fourth-order valence-electron chi connectivity index (χ4n) is 3.28. The highest BCUT2D eigenvalue weighted by Gasteiger charge is 2.32. The van der Waals surface area contributed by atoms with Crippen molar-refractivity contribution in [3.05, 3.63) is 29.8 Å². The molecule has 8 heteroatoms. The van der Waals surface area contributed by atoms with E-state index in [0.29, 0.717) is 18.7 Å². The van der Waals surface area contributed by atoms with Gasteiger partial charge in [-0.3, -0.25) is 4.79 Å². The standard InChI is InChI=1S/C18H27N3O4S/c1-25-13-18(8-10-19-11-9-18)12-20-17(22)14-2-6-16(7-3-14)26(23,24)21-15-4-5-15/h2-3,6-7,15,19,21H,4-5,8-13H2,1H3,(H,20,22). The largest absolute Gasteiger partial charge is 0.384 e. The van der Waals surface area contributed by atoms with E-state index in [1.165, 1.54) is 12.1 Å². The molecule has 1 saturated carbocycles. The fraction of sp³-hybridized carbons (Fsp3) is 0.611. The summed E-state index contributed by atoms with van der Waals surface area (Å²) in [5.74, 6) is -0.196. The Labute approximate surface area is 154 Å². The summed E-state index contributed by atoms with van der Waals surface area (Å²) < 4.78 is 32.4. The minimum atomic E-state index is -3.49. The fourth-order valence-corrected chi connectivity index (χ4v) is 4.58. The molecule has 2 fully saturated rings. The molecule has 0 aromatic heterocycles. The van der Waals surface area contributed by atoms with Crippen LogP contribution in [0.5, 0.6) is 0 Å². The molecule has 1 aromatic rings. The van der Waals surface area contributed by atoms with Gasteiger partial charge in [-0.15, -0.1) is 0 Å². The lowest BCUT2D eigenvalue weighted by atomic mass is 9.79. The molecule has 1 aromatic carbocycles. The Kier molecular flexibility index (Phi) is 5.96.